The van der Waals surface area contributed by atoms with Crippen LogP contribution >= 0.6 is 11.8 Å². The Morgan fingerprint density at radius 2 is 2.54 bits per heavy atom. The van der Waals surface area contributed by atoms with Crippen molar-refractivity contribution in [3.05, 3.63) is 0 Å². The van der Waals surface area contributed by atoms with E-state index < -0.39 is 5.62 Å². The Balaban J connectivity index is 2.32. The van der Waals surface area contributed by atoms with Crippen molar-refractivity contribution in [3.8, 4) is 0 Å². The Morgan fingerprint density at radius 3 is 3.00 bits per heavy atom. The van der Waals surface area contributed by atoms with Crippen molar-refractivity contribution in [2.45, 2.75) is 25.9 Å². The van der Waals surface area contributed by atoms with E-state index in [1.165, 1.54) is 11.8 Å². The van der Waals surface area contributed by atoms with Crippen LogP contribution in [0.15, 0.2) is 0 Å². The molecule has 0 saturated carbocycles. The molecule has 5 heteroatoms. The van der Waals surface area contributed by atoms with E-state index in [1.807, 2.05) is 6.92 Å². The molecule has 2 atom stereocenters. The van der Waals surface area contributed by atoms with Gasteiger partial charge in [-0.05, 0) is 6.42 Å². The zero-order valence-corrected chi connectivity index (χ0v) is 8.43. The van der Waals surface area contributed by atoms with Crippen molar-refractivity contribution in [1.82, 2.24) is 0 Å². The first kappa shape index (κ1) is 10.4. The molecule has 0 bridgehead atoms. The molecule has 1 heterocycles. The first-order valence-electron chi connectivity index (χ1n) is 4.15. The summed E-state index contributed by atoms with van der Waals surface area (Å²) in [5.41, 5.74) is -0.728. The lowest BCUT2D eigenvalue weighted by molar-refractivity contribution is -0.171. The summed E-state index contributed by atoms with van der Waals surface area (Å²) in [5, 5.41) is 0. The van der Waals surface area contributed by atoms with Gasteiger partial charge in [0.1, 0.15) is 0 Å². The van der Waals surface area contributed by atoms with E-state index in [9.17, 15) is 9.59 Å². The van der Waals surface area contributed by atoms with Gasteiger partial charge in [0.25, 0.3) is 5.62 Å². The van der Waals surface area contributed by atoms with E-state index in [4.69, 9.17) is 9.47 Å². The Hall–Kier alpha value is -0.710. The van der Waals surface area contributed by atoms with Gasteiger partial charge in [-0.3, -0.25) is 9.59 Å². The van der Waals surface area contributed by atoms with Crippen LogP contribution in [0, 0.1) is 5.92 Å². The van der Waals surface area contributed by atoms with Crippen molar-refractivity contribution in [3.63, 3.8) is 0 Å². The van der Waals surface area contributed by atoms with Crippen molar-refractivity contribution < 1.29 is 19.1 Å². The number of thioether (sulfide) groups is 1. The third-order valence-corrected chi connectivity index (χ3v) is 2.66. The van der Waals surface area contributed by atoms with Crippen molar-refractivity contribution in [2.75, 3.05) is 5.75 Å². The lowest BCUT2D eigenvalue weighted by atomic mass is 10.1. The minimum absolute atomic E-state index is 0.139. The molecule has 0 aromatic carbocycles. The minimum Gasteiger partial charge on any atom is -0.415 e. The maximum atomic E-state index is 11.2. The Morgan fingerprint density at radius 1 is 1.85 bits per heavy atom. The summed E-state index contributed by atoms with van der Waals surface area (Å²) in [7, 11) is 0. The number of carbonyl (C=O) groups is 2. The van der Waals surface area contributed by atoms with Gasteiger partial charge in [-0.15, -0.1) is 0 Å². The van der Waals surface area contributed by atoms with Gasteiger partial charge >= 0.3 is 11.9 Å². The number of rotatable bonds is 3. The van der Waals surface area contributed by atoms with Crippen LogP contribution in [0.5, 0.6) is 0 Å². The summed E-state index contributed by atoms with van der Waals surface area (Å²) < 4.78 is 9.62. The van der Waals surface area contributed by atoms with Crippen molar-refractivity contribution in [2.24, 2.45) is 5.92 Å². The fourth-order valence-corrected chi connectivity index (χ4v) is 1.43. The highest BCUT2D eigenvalue weighted by molar-refractivity contribution is 8.00. The highest BCUT2D eigenvalue weighted by Gasteiger charge is 2.28. The second-order valence-corrected chi connectivity index (χ2v) is 3.84. The lowest BCUT2D eigenvalue weighted by Gasteiger charge is -2.12. The van der Waals surface area contributed by atoms with Gasteiger partial charge in [0, 0.05) is 0 Å². The fraction of sp³-hybridized carbons (Fsp3) is 0.750. The smallest absolute Gasteiger partial charge is 0.319 e. The quantitative estimate of drug-likeness (QED) is 0.645. The van der Waals surface area contributed by atoms with Gasteiger partial charge in [0.05, 0.1) is 11.7 Å². The van der Waals surface area contributed by atoms with Gasteiger partial charge in [0.2, 0.25) is 0 Å². The fourth-order valence-electron chi connectivity index (χ4n) is 0.747. The molecule has 1 aliphatic heterocycles. The molecule has 74 valence electrons. The number of cyclic esters (lactones) is 1. The third-order valence-electron chi connectivity index (χ3n) is 1.79. The Labute approximate surface area is 81.0 Å². The lowest BCUT2D eigenvalue weighted by Crippen LogP contribution is -2.20. The van der Waals surface area contributed by atoms with E-state index in [-0.39, 0.29) is 23.6 Å². The molecule has 0 spiro atoms. The summed E-state index contributed by atoms with van der Waals surface area (Å²) in [6.45, 7) is 3.68. The second kappa shape index (κ2) is 4.50. The van der Waals surface area contributed by atoms with Gasteiger partial charge in [-0.25, -0.2) is 0 Å². The van der Waals surface area contributed by atoms with Crippen LogP contribution < -0.4 is 0 Å². The molecule has 1 aliphatic rings. The molecule has 0 N–H and O–H groups in total. The SMILES string of the molecule is CCC(C)C(=O)OC1OC(=O)CS1. The number of ether oxygens (including phenoxy) is 2. The highest BCUT2D eigenvalue weighted by Crippen LogP contribution is 2.23. The monoisotopic (exact) mass is 204 g/mol. The van der Waals surface area contributed by atoms with Crippen LogP contribution in [0.4, 0.5) is 0 Å². The summed E-state index contributed by atoms with van der Waals surface area (Å²) >= 11 is 1.19. The molecule has 0 amide bonds. The van der Waals surface area contributed by atoms with Crippen LogP contribution in [0.25, 0.3) is 0 Å². The zero-order valence-electron chi connectivity index (χ0n) is 7.61. The van der Waals surface area contributed by atoms with Gasteiger partial charge in [0.15, 0.2) is 0 Å². The van der Waals surface area contributed by atoms with Crippen LogP contribution in [0.2, 0.25) is 0 Å². The molecule has 4 nitrogen and oxygen atoms in total. The normalized spacial score (nSPS) is 23.8. The summed E-state index contributed by atoms with van der Waals surface area (Å²) in [6, 6.07) is 0. The van der Waals surface area contributed by atoms with E-state index in [2.05, 4.69) is 0 Å². The maximum absolute atomic E-state index is 11.2. The van der Waals surface area contributed by atoms with Crippen LogP contribution in [0.1, 0.15) is 20.3 Å². The molecule has 13 heavy (non-hydrogen) atoms. The van der Waals surface area contributed by atoms with Crippen LogP contribution in [-0.2, 0) is 19.1 Å². The molecule has 1 rings (SSSR count). The highest BCUT2D eigenvalue weighted by atomic mass is 32.2. The topological polar surface area (TPSA) is 52.6 Å². The van der Waals surface area contributed by atoms with Gasteiger partial charge in [-0.1, -0.05) is 25.6 Å². The first-order chi connectivity index (χ1) is 6.13. The zero-order chi connectivity index (χ0) is 9.84. The average molecular weight is 204 g/mol. The summed E-state index contributed by atoms with van der Waals surface area (Å²) in [6.07, 6.45) is 0.726. The predicted octanol–water partition coefficient (Wildman–Crippen LogP) is 1.15. The largest absolute Gasteiger partial charge is 0.415 e. The first-order valence-corrected chi connectivity index (χ1v) is 5.20. The second-order valence-electron chi connectivity index (χ2n) is 2.84. The van der Waals surface area contributed by atoms with E-state index in [0.717, 1.165) is 6.42 Å². The number of hydrogen-bond donors (Lipinski definition) is 0. The van der Waals surface area contributed by atoms with Crippen molar-refractivity contribution >= 4 is 23.7 Å². The van der Waals surface area contributed by atoms with E-state index >= 15 is 0 Å². The molecule has 0 aromatic heterocycles. The summed E-state index contributed by atoms with van der Waals surface area (Å²) in [5.74, 6) is -0.514. The molecular formula is C8H12O4S. The van der Waals surface area contributed by atoms with Crippen molar-refractivity contribution in [1.29, 1.82) is 0 Å². The molecule has 0 aromatic rings. The molecule has 2 unspecified atom stereocenters. The molecule has 0 radical (unpaired) electrons. The number of carbonyl (C=O) groups excluding carboxylic acids is 2. The average Bonchev–Trinajstić information content (AvgIpc) is 2.49. The number of hydrogen-bond acceptors (Lipinski definition) is 5. The third kappa shape index (κ3) is 2.91. The molecule has 1 saturated heterocycles. The van der Waals surface area contributed by atoms with Gasteiger partial charge < -0.3 is 9.47 Å². The predicted molar refractivity (Wildman–Crippen MR) is 47.9 cm³/mol. The van der Waals surface area contributed by atoms with E-state index in [0.29, 0.717) is 0 Å². The standard InChI is InChI=1S/C8H12O4S/c1-3-5(2)7(10)12-8-11-6(9)4-13-8/h5,8H,3-4H2,1-2H3. The molecular weight excluding hydrogens is 192 g/mol. The van der Waals surface area contributed by atoms with Gasteiger partial charge in [-0.2, -0.15) is 0 Å². The minimum atomic E-state index is -0.728. The summed E-state index contributed by atoms with van der Waals surface area (Å²) in [4.78, 5) is 21.8. The maximum Gasteiger partial charge on any atom is 0.319 e. The number of esters is 2. The molecule has 0 aliphatic carbocycles. The van der Waals surface area contributed by atoms with Crippen LogP contribution in [0.3, 0.4) is 0 Å². The van der Waals surface area contributed by atoms with Crippen LogP contribution in [-0.4, -0.2) is 23.3 Å². The van der Waals surface area contributed by atoms with E-state index in [1.54, 1.807) is 6.92 Å². The Kier molecular flexibility index (Phi) is 3.59. The Bertz CT molecular complexity index is 216. The molecule has 1 fully saturated rings.